The number of benzene rings is 2. The van der Waals surface area contributed by atoms with E-state index >= 15 is 0 Å². The van der Waals surface area contributed by atoms with Gasteiger partial charge in [0.05, 0.1) is 0 Å². The molecule has 1 spiro atoms. The van der Waals surface area contributed by atoms with Crippen molar-refractivity contribution < 1.29 is 9.18 Å². The van der Waals surface area contributed by atoms with Gasteiger partial charge in [0.25, 0.3) is 0 Å². The Bertz CT molecular complexity index is 938. The van der Waals surface area contributed by atoms with Gasteiger partial charge in [0.1, 0.15) is 5.82 Å². The largest absolute Gasteiger partial charge is 0.324 e. The van der Waals surface area contributed by atoms with E-state index < -0.39 is 0 Å². The Hall–Kier alpha value is -2.11. The maximum Gasteiger partial charge on any atom is 0.321 e. The number of hydrogen-bond acceptors (Lipinski definition) is 2. The van der Waals surface area contributed by atoms with Crippen molar-refractivity contribution in [3.63, 3.8) is 0 Å². The molecule has 2 heterocycles. The van der Waals surface area contributed by atoms with E-state index in [1.165, 1.54) is 11.6 Å². The normalized spacial score (nSPS) is 20.7. The molecule has 31 heavy (non-hydrogen) atoms. The summed E-state index contributed by atoms with van der Waals surface area (Å²) in [6.45, 7) is 9.77. The second-order valence-electron chi connectivity index (χ2n) is 9.52. The van der Waals surface area contributed by atoms with Gasteiger partial charge in [-0.05, 0) is 61.1 Å². The SMILES string of the molecule is Cc1ccc(NC(=O)N2CCC3(CC2)CN(CC(C)C)C3c2ccc(Cl)cc2)cc1F. The zero-order valence-electron chi connectivity index (χ0n) is 18.5. The fourth-order valence-electron chi connectivity index (χ4n) is 5.17. The van der Waals surface area contributed by atoms with Crippen molar-refractivity contribution in [2.45, 2.75) is 39.7 Å². The molecule has 2 aliphatic heterocycles. The van der Waals surface area contributed by atoms with Gasteiger partial charge in [0.2, 0.25) is 0 Å². The summed E-state index contributed by atoms with van der Waals surface area (Å²) in [7, 11) is 0. The third-order valence-electron chi connectivity index (χ3n) is 6.72. The van der Waals surface area contributed by atoms with Crippen LogP contribution in [0.2, 0.25) is 5.02 Å². The number of anilines is 1. The molecule has 1 N–H and O–H groups in total. The minimum atomic E-state index is -0.305. The lowest BCUT2D eigenvalue weighted by Gasteiger charge is -2.61. The number of amides is 2. The third-order valence-corrected chi connectivity index (χ3v) is 6.97. The average Bonchev–Trinajstić information content (AvgIpc) is 2.72. The van der Waals surface area contributed by atoms with E-state index in [0.717, 1.165) is 31.0 Å². The average molecular weight is 444 g/mol. The van der Waals surface area contributed by atoms with E-state index in [2.05, 4.69) is 36.2 Å². The molecule has 4 nitrogen and oxygen atoms in total. The molecule has 2 aromatic rings. The van der Waals surface area contributed by atoms with Gasteiger partial charge in [0.15, 0.2) is 0 Å². The van der Waals surface area contributed by atoms with Crippen molar-refractivity contribution in [1.29, 1.82) is 0 Å². The first-order valence-electron chi connectivity index (χ1n) is 11.1. The van der Waals surface area contributed by atoms with E-state index in [-0.39, 0.29) is 17.3 Å². The molecule has 0 aliphatic carbocycles. The summed E-state index contributed by atoms with van der Waals surface area (Å²) in [5, 5.41) is 3.61. The van der Waals surface area contributed by atoms with Crippen LogP contribution in [-0.4, -0.2) is 42.0 Å². The molecule has 166 valence electrons. The van der Waals surface area contributed by atoms with Crippen LogP contribution < -0.4 is 5.32 Å². The molecule has 4 rings (SSSR count). The van der Waals surface area contributed by atoms with Gasteiger partial charge < -0.3 is 10.2 Å². The topological polar surface area (TPSA) is 35.6 Å². The van der Waals surface area contributed by atoms with Crippen molar-refractivity contribution in [2.75, 3.05) is 31.5 Å². The molecule has 0 radical (unpaired) electrons. The number of likely N-dealkylation sites (tertiary alicyclic amines) is 2. The second kappa shape index (κ2) is 8.79. The molecule has 0 aromatic heterocycles. The highest BCUT2D eigenvalue weighted by Crippen LogP contribution is 2.55. The quantitative estimate of drug-likeness (QED) is 0.618. The Morgan fingerprint density at radius 3 is 2.48 bits per heavy atom. The van der Waals surface area contributed by atoms with Crippen LogP contribution in [0.4, 0.5) is 14.9 Å². The Morgan fingerprint density at radius 1 is 1.19 bits per heavy atom. The van der Waals surface area contributed by atoms with Crippen LogP contribution in [0.3, 0.4) is 0 Å². The summed E-state index contributed by atoms with van der Waals surface area (Å²) >= 11 is 6.13. The molecule has 0 bridgehead atoms. The number of hydrogen-bond donors (Lipinski definition) is 1. The molecule has 2 amide bonds. The van der Waals surface area contributed by atoms with Crippen molar-refractivity contribution in [1.82, 2.24) is 9.80 Å². The van der Waals surface area contributed by atoms with Crippen LogP contribution in [0.1, 0.15) is 43.9 Å². The minimum absolute atomic E-state index is 0.153. The molecule has 2 fully saturated rings. The lowest BCUT2D eigenvalue weighted by molar-refractivity contribution is -0.111. The molecule has 1 unspecified atom stereocenters. The highest BCUT2D eigenvalue weighted by molar-refractivity contribution is 6.30. The van der Waals surface area contributed by atoms with Crippen molar-refractivity contribution >= 4 is 23.3 Å². The maximum absolute atomic E-state index is 13.8. The van der Waals surface area contributed by atoms with Crippen molar-refractivity contribution in [3.8, 4) is 0 Å². The van der Waals surface area contributed by atoms with Crippen LogP contribution in [0.15, 0.2) is 42.5 Å². The van der Waals surface area contributed by atoms with E-state index in [1.807, 2.05) is 17.0 Å². The summed E-state index contributed by atoms with van der Waals surface area (Å²) in [4.78, 5) is 17.2. The zero-order chi connectivity index (χ0) is 22.2. The highest BCUT2D eigenvalue weighted by atomic mass is 35.5. The Morgan fingerprint density at radius 2 is 1.87 bits per heavy atom. The smallest absolute Gasteiger partial charge is 0.321 e. The van der Waals surface area contributed by atoms with E-state index in [9.17, 15) is 9.18 Å². The Balaban J connectivity index is 1.43. The number of carbonyl (C=O) groups is 1. The highest BCUT2D eigenvalue weighted by Gasteiger charge is 2.54. The monoisotopic (exact) mass is 443 g/mol. The van der Waals surface area contributed by atoms with Crippen LogP contribution in [0.25, 0.3) is 0 Å². The first kappa shape index (κ1) is 22.1. The van der Waals surface area contributed by atoms with Gasteiger partial charge in [-0.1, -0.05) is 43.6 Å². The summed E-state index contributed by atoms with van der Waals surface area (Å²) in [6, 6.07) is 13.3. The standard InChI is InChI=1S/C25H31ClFN3O/c1-17(2)15-30-16-25(23(30)19-5-7-20(26)8-6-19)10-12-29(13-11-25)24(31)28-21-9-4-18(3)22(27)14-21/h4-9,14,17,23H,10-13,15-16H2,1-3H3,(H,28,31). The number of aryl methyl sites for hydroxylation is 1. The molecular formula is C25H31ClFN3O. The molecule has 0 saturated carbocycles. The molecule has 2 aliphatic rings. The van der Waals surface area contributed by atoms with Crippen molar-refractivity contribution in [3.05, 3.63) is 64.4 Å². The lowest BCUT2D eigenvalue weighted by atomic mass is 9.63. The molecule has 2 saturated heterocycles. The van der Waals surface area contributed by atoms with Gasteiger partial charge in [-0.3, -0.25) is 4.90 Å². The first-order valence-corrected chi connectivity index (χ1v) is 11.5. The first-order chi connectivity index (χ1) is 14.8. The fourth-order valence-corrected chi connectivity index (χ4v) is 5.29. The van der Waals surface area contributed by atoms with Crippen LogP contribution in [0, 0.1) is 24.1 Å². The Kier molecular flexibility index (Phi) is 6.27. The number of rotatable bonds is 4. The van der Waals surface area contributed by atoms with Crippen LogP contribution in [0.5, 0.6) is 0 Å². The van der Waals surface area contributed by atoms with Gasteiger partial charge in [-0.15, -0.1) is 0 Å². The summed E-state index contributed by atoms with van der Waals surface area (Å²) < 4.78 is 13.8. The van der Waals surface area contributed by atoms with E-state index in [0.29, 0.717) is 36.3 Å². The van der Waals surface area contributed by atoms with Gasteiger partial charge >= 0.3 is 6.03 Å². The minimum Gasteiger partial charge on any atom is -0.324 e. The second-order valence-corrected chi connectivity index (χ2v) is 9.96. The van der Waals surface area contributed by atoms with E-state index in [1.54, 1.807) is 19.1 Å². The van der Waals surface area contributed by atoms with Gasteiger partial charge in [-0.25, -0.2) is 9.18 Å². The summed E-state index contributed by atoms with van der Waals surface area (Å²) in [6.07, 6.45) is 1.93. The fraction of sp³-hybridized carbons (Fsp3) is 0.480. The third kappa shape index (κ3) is 4.58. The number of urea groups is 1. The van der Waals surface area contributed by atoms with Gasteiger partial charge in [0, 0.05) is 48.3 Å². The Labute approximate surface area is 189 Å². The summed E-state index contributed by atoms with van der Waals surface area (Å²) in [5.41, 5.74) is 2.57. The number of carbonyl (C=O) groups excluding carboxylic acids is 1. The molecular weight excluding hydrogens is 413 g/mol. The van der Waals surface area contributed by atoms with Crippen LogP contribution in [-0.2, 0) is 0 Å². The molecule has 6 heteroatoms. The number of nitrogens with zero attached hydrogens (tertiary/aromatic N) is 2. The maximum atomic E-state index is 13.8. The molecule has 1 atom stereocenters. The zero-order valence-corrected chi connectivity index (χ0v) is 19.3. The predicted molar refractivity (Wildman–Crippen MR) is 124 cm³/mol. The number of nitrogens with one attached hydrogen (secondary N) is 1. The van der Waals surface area contributed by atoms with E-state index in [4.69, 9.17) is 11.6 Å². The van der Waals surface area contributed by atoms with Crippen LogP contribution >= 0.6 is 11.6 Å². The number of piperidine rings is 1. The molecule has 2 aromatic carbocycles. The predicted octanol–water partition coefficient (Wildman–Crippen LogP) is 6.11. The summed E-state index contributed by atoms with van der Waals surface area (Å²) in [5.74, 6) is 0.300. The number of halogens is 2. The van der Waals surface area contributed by atoms with Crippen molar-refractivity contribution in [2.24, 2.45) is 11.3 Å². The van der Waals surface area contributed by atoms with Gasteiger partial charge in [-0.2, -0.15) is 0 Å². The lowest BCUT2D eigenvalue weighted by Crippen LogP contribution is -2.63.